The van der Waals surface area contributed by atoms with Crippen molar-refractivity contribution in [2.45, 2.75) is 148 Å². The number of hydrogen-bond donors (Lipinski definition) is 2. The molecule has 2 unspecified atom stereocenters. The van der Waals surface area contributed by atoms with Crippen molar-refractivity contribution in [1.82, 2.24) is 0 Å². The molecule has 0 aliphatic carbocycles. The van der Waals surface area contributed by atoms with Gasteiger partial charge in [0.2, 0.25) is 0 Å². The smallest absolute Gasteiger partial charge is 0.457 e. The zero-order valence-electron chi connectivity index (χ0n) is 37.4. The van der Waals surface area contributed by atoms with Gasteiger partial charge in [-0.15, -0.1) is 0 Å². The van der Waals surface area contributed by atoms with Crippen LogP contribution in [-0.4, -0.2) is 49.9 Å². The fourth-order valence-corrected chi connectivity index (χ4v) is 6.09. The molecule has 0 saturated carbocycles. The summed E-state index contributed by atoms with van der Waals surface area (Å²) in [5, 5.41) is 0. The maximum absolute atomic E-state index is 12.6. The fraction of sp³-hybridized carbons (Fsp3) is 0.549. The number of esters is 1. The van der Waals surface area contributed by atoms with Gasteiger partial charge in [-0.1, -0.05) is 167 Å². The van der Waals surface area contributed by atoms with E-state index >= 15 is 0 Å². The third-order valence-corrected chi connectivity index (χ3v) is 9.55. The fourth-order valence-electron chi connectivity index (χ4n) is 5.33. The number of hydrogen-bond acceptors (Lipinski definition) is 7. The Bertz CT molecular complexity index is 1370. The molecule has 8 nitrogen and oxygen atoms in total. The number of nitrogens with two attached hydrogens (primary N) is 1. The average Bonchev–Trinajstić information content (AvgIpc) is 3.24. The second-order valence-corrected chi connectivity index (χ2v) is 15.6. The average molecular weight is 852 g/mol. The highest BCUT2D eigenvalue weighted by Crippen LogP contribution is 2.43. The second-order valence-electron chi connectivity index (χ2n) is 14.1. The van der Waals surface area contributed by atoms with E-state index in [1.54, 1.807) is 0 Å². The molecule has 9 heteroatoms. The van der Waals surface area contributed by atoms with E-state index < -0.39 is 19.9 Å². The maximum atomic E-state index is 12.6. The van der Waals surface area contributed by atoms with Crippen LogP contribution in [0.15, 0.2) is 134 Å². The van der Waals surface area contributed by atoms with Crippen molar-refractivity contribution in [3.8, 4) is 0 Å². The number of allylic oxidation sites excluding steroid dienone is 22. The number of phosphoric acid groups is 1. The molecular formula is C51H82NO7P. The Morgan fingerprint density at radius 1 is 0.500 bits per heavy atom. The summed E-state index contributed by atoms with van der Waals surface area (Å²) < 4.78 is 33.4. The van der Waals surface area contributed by atoms with Gasteiger partial charge < -0.3 is 20.1 Å². The van der Waals surface area contributed by atoms with Gasteiger partial charge in [-0.2, -0.15) is 0 Å². The van der Waals surface area contributed by atoms with Crippen molar-refractivity contribution in [2.75, 3.05) is 33.0 Å². The molecule has 0 heterocycles. The minimum Gasteiger partial charge on any atom is -0.457 e. The van der Waals surface area contributed by atoms with Crippen molar-refractivity contribution < 1.29 is 32.8 Å². The minimum absolute atomic E-state index is 0.0695. The predicted octanol–water partition coefficient (Wildman–Crippen LogP) is 14.0. The van der Waals surface area contributed by atoms with Gasteiger partial charge in [-0.05, 0) is 103 Å². The molecule has 60 heavy (non-hydrogen) atoms. The molecule has 0 aromatic rings. The Morgan fingerprint density at radius 2 is 0.883 bits per heavy atom. The van der Waals surface area contributed by atoms with Crippen LogP contribution in [0, 0.1) is 0 Å². The molecule has 0 spiro atoms. The summed E-state index contributed by atoms with van der Waals surface area (Å²) in [6, 6.07) is 0. The molecule has 3 N–H and O–H groups in total. The van der Waals surface area contributed by atoms with Crippen LogP contribution in [0.25, 0.3) is 0 Å². The summed E-state index contributed by atoms with van der Waals surface area (Å²) in [6.45, 7) is 4.52. The van der Waals surface area contributed by atoms with Gasteiger partial charge in [0.1, 0.15) is 6.10 Å². The molecule has 0 fully saturated rings. The summed E-state index contributed by atoms with van der Waals surface area (Å²) in [7, 11) is -4.31. The normalized spacial score (nSPS) is 14.7. The van der Waals surface area contributed by atoms with E-state index in [1.807, 2.05) is 0 Å². The summed E-state index contributed by atoms with van der Waals surface area (Å²) in [6.07, 6.45) is 66.3. The van der Waals surface area contributed by atoms with Gasteiger partial charge in [-0.25, -0.2) is 4.57 Å². The van der Waals surface area contributed by atoms with Crippen LogP contribution >= 0.6 is 7.82 Å². The molecule has 338 valence electrons. The number of ether oxygens (including phenoxy) is 2. The Morgan fingerprint density at radius 3 is 1.32 bits per heavy atom. The molecule has 0 aromatic carbocycles. The molecule has 0 rings (SSSR count). The highest BCUT2D eigenvalue weighted by atomic mass is 31.2. The first-order valence-corrected chi connectivity index (χ1v) is 24.2. The minimum atomic E-state index is -4.31. The van der Waals surface area contributed by atoms with Gasteiger partial charge in [0, 0.05) is 19.6 Å². The van der Waals surface area contributed by atoms with Crippen molar-refractivity contribution in [1.29, 1.82) is 0 Å². The summed E-state index contributed by atoms with van der Waals surface area (Å²) in [4.78, 5) is 22.5. The number of unbranched alkanes of at least 4 members (excludes halogenated alkanes) is 6. The Kier molecular flexibility index (Phi) is 44.1. The number of carbonyl (C=O) groups excluding carboxylic acids is 1. The van der Waals surface area contributed by atoms with Crippen LogP contribution in [0.5, 0.6) is 0 Å². The third kappa shape index (κ3) is 45.7. The predicted molar refractivity (Wildman–Crippen MR) is 256 cm³/mol. The Labute approximate surface area is 366 Å². The first-order chi connectivity index (χ1) is 29.4. The van der Waals surface area contributed by atoms with Gasteiger partial charge in [-0.3, -0.25) is 13.8 Å². The maximum Gasteiger partial charge on any atom is 0.472 e. The molecule has 0 aliphatic rings. The van der Waals surface area contributed by atoms with E-state index in [9.17, 15) is 14.3 Å². The van der Waals surface area contributed by atoms with E-state index in [-0.39, 0.29) is 32.8 Å². The first kappa shape index (κ1) is 56.6. The molecule has 0 aliphatic heterocycles. The lowest BCUT2D eigenvalue weighted by atomic mass is 10.1. The standard InChI is InChI=1S/C51H82NO7P/c1-3-5-7-9-11-13-15-17-19-21-22-23-24-25-26-27-29-31-33-35-37-39-41-43-46-56-48-50(49-58-60(54,55)57-47-45-52)59-51(53)44-42-40-38-36-34-32-30-28-20-18-16-14-12-10-8-6-4-2/h5-8,11-14,17-20,22-23,25-26,29-32,36,38,50H,3-4,9-10,15-16,21,24,27-28,33-35,37,39-49,52H2,1-2H3,(H,54,55)/b7-5-,8-6-,13-11-,14-12-,19-17-,20-18-,23-22-,26-25-,31-29-,32-30-,38-36-. The molecule has 0 saturated heterocycles. The van der Waals surface area contributed by atoms with Crippen LogP contribution in [0.3, 0.4) is 0 Å². The highest BCUT2D eigenvalue weighted by molar-refractivity contribution is 7.47. The van der Waals surface area contributed by atoms with Crippen molar-refractivity contribution in [3.05, 3.63) is 134 Å². The van der Waals surface area contributed by atoms with Crippen molar-refractivity contribution in [2.24, 2.45) is 5.73 Å². The number of carbonyl (C=O) groups is 1. The monoisotopic (exact) mass is 852 g/mol. The Balaban J connectivity index is 4.18. The van der Waals surface area contributed by atoms with Gasteiger partial charge in [0.15, 0.2) is 0 Å². The van der Waals surface area contributed by atoms with E-state index in [4.69, 9.17) is 24.3 Å². The molecule has 2 atom stereocenters. The lowest BCUT2D eigenvalue weighted by Gasteiger charge is -2.20. The quantitative estimate of drug-likeness (QED) is 0.0270. The molecule has 0 aromatic heterocycles. The van der Waals surface area contributed by atoms with Gasteiger partial charge >= 0.3 is 13.8 Å². The molecule has 0 radical (unpaired) electrons. The zero-order chi connectivity index (χ0) is 43.7. The van der Waals surface area contributed by atoms with Crippen molar-refractivity contribution in [3.63, 3.8) is 0 Å². The highest BCUT2D eigenvalue weighted by Gasteiger charge is 2.25. The summed E-state index contributed by atoms with van der Waals surface area (Å²) in [5.74, 6) is -0.401. The van der Waals surface area contributed by atoms with Crippen LogP contribution in [-0.2, 0) is 27.9 Å². The van der Waals surface area contributed by atoms with E-state index in [0.717, 1.165) is 116 Å². The third-order valence-electron chi connectivity index (χ3n) is 8.56. The van der Waals surface area contributed by atoms with Crippen molar-refractivity contribution >= 4 is 13.8 Å². The first-order valence-electron chi connectivity index (χ1n) is 22.7. The summed E-state index contributed by atoms with van der Waals surface area (Å²) >= 11 is 0. The van der Waals surface area contributed by atoms with Gasteiger partial charge in [0.05, 0.1) is 19.8 Å². The lowest BCUT2D eigenvalue weighted by molar-refractivity contribution is -0.154. The number of rotatable bonds is 41. The number of phosphoric ester groups is 1. The molecule has 0 amide bonds. The van der Waals surface area contributed by atoms with Crippen LogP contribution in [0.4, 0.5) is 0 Å². The Hall–Kier alpha value is -3.36. The van der Waals surface area contributed by atoms with Crippen LogP contribution in [0.1, 0.15) is 142 Å². The largest absolute Gasteiger partial charge is 0.472 e. The van der Waals surface area contributed by atoms with Gasteiger partial charge in [0.25, 0.3) is 0 Å². The second kappa shape index (κ2) is 46.7. The zero-order valence-corrected chi connectivity index (χ0v) is 38.3. The van der Waals surface area contributed by atoms with E-state index in [2.05, 4.69) is 148 Å². The van der Waals surface area contributed by atoms with Crippen LogP contribution < -0.4 is 5.73 Å². The topological polar surface area (TPSA) is 117 Å². The molecular weight excluding hydrogens is 770 g/mol. The van der Waals surface area contributed by atoms with E-state index in [1.165, 1.54) is 0 Å². The SMILES string of the molecule is CC/C=C\C/C=C\C/C=C\C/C=C\C/C=C\C/C=C\CCCCCCCOCC(COP(=O)(O)OCCN)OC(=O)CCC/C=C\C/C=C\C/C=C\C/C=C\C/C=C\CC. The molecule has 0 bridgehead atoms. The lowest BCUT2D eigenvalue weighted by Crippen LogP contribution is -2.28. The summed E-state index contributed by atoms with van der Waals surface area (Å²) in [5.41, 5.74) is 5.37. The van der Waals surface area contributed by atoms with E-state index in [0.29, 0.717) is 13.0 Å². The van der Waals surface area contributed by atoms with Crippen LogP contribution in [0.2, 0.25) is 0 Å².